The van der Waals surface area contributed by atoms with Gasteiger partial charge in [-0.15, -0.1) is 0 Å². The lowest BCUT2D eigenvalue weighted by molar-refractivity contribution is -0.0346. The first-order valence-corrected chi connectivity index (χ1v) is 7.93. The van der Waals surface area contributed by atoms with Crippen LogP contribution in [-0.4, -0.2) is 31.0 Å². The van der Waals surface area contributed by atoms with E-state index < -0.39 is 5.60 Å². The van der Waals surface area contributed by atoms with Crippen LogP contribution >= 0.6 is 0 Å². The predicted molar refractivity (Wildman–Crippen MR) is 83.9 cm³/mol. The van der Waals surface area contributed by atoms with E-state index in [0.717, 1.165) is 42.7 Å². The van der Waals surface area contributed by atoms with Crippen LogP contribution in [0.15, 0.2) is 18.2 Å². The van der Waals surface area contributed by atoms with Crippen LogP contribution in [0.25, 0.3) is 0 Å². The Hall–Kier alpha value is -1.26. The number of aliphatic hydroxyl groups is 1. The van der Waals surface area contributed by atoms with E-state index in [0.29, 0.717) is 19.8 Å². The number of hydrogen-bond donors (Lipinski definition) is 2. The number of ether oxygens (including phenoxy) is 2. The summed E-state index contributed by atoms with van der Waals surface area (Å²) >= 11 is 0. The van der Waals surface area contributed by atoms with Gasteiger partial charge in [0.05, 0.1) is 12.2 Å². The molecule has 21 heavy (non-hydrogen) atoms. The Morgan fingerprint density at radius 3 is 2.62 bits per heavy atom. The topological polar surface area (TPSA) is 50.7 Å². The quantitative estimate of drug-likeness (QED) is 0.811. The molecule has 0 unspecified atom stereocenters. The van der Waals surface area contributed by atoms with Gasteiger partial charge in [-0.3, -0.25) is 0 Å². The first-order chi connectivity index (χ1) is 10.2. The average Bonchev–Trinajstić information content (AvgIpc) is 2.48. The summed E-state index contributed by atoms with van der Waals surface area (Å²) in [5.74, 6) is 1.51. The zero-order valence-electron chi connectivity index (χ0n) is 13.2. The van der Waals surface area contributed by atoms with Gasteiger partial charge in [-0.1, -0.05) is 31.4 Å². The summed E-state index contributed by atoms with van der Waals surface area (Å²) in [5.41, 5.74) is 0.372. The van der Waals surface area contributed by atoms with Crippen LogP contribution in [0.3, 0.4) is 0 Å². The van der Waals surface area contributed by atoms with E-state index in [4.69, 9.17) is 9.47 Å². The number of nitrogens with one attached hydrogen (secondary N) is 1. The van der Waals surface area contributed by atoms with Crippen LogP contribution in [0.2, 0.25) is 0 Å². The van der Waals surface area contributed by atoms with E-state index in [1.54, 1.807) is 0 Å². The van der Waals surface area contributed by atoms with E-state index in [1.165, 1.54) is 6.42 Å². The van der Waals surface area contributed by atoms with Crippen molar-refractivity contribution in [2.75, 3.05) is 20.3 Å². The zero-order valence-corrected chi connectivity index (χ0v) is 13.2. The molecular formula is C17H27NO3. The molecule has 1 aliphatic rings. The lowest BCUT2D eigenvalue weighted by atomic mass is 9.85. The van der Waals surface area contributed by atoms with Crippen molar-refractivity contribution in [2.45, 2.75) is 51.2 Å². The van der Waals surface area contributed by atoms with Crippen LogP contribution in [0, 0.1) is 0 Å². The van der Waals surface area contributed by atoms with Gasteiger partial charge >= 0.3 is 0 Å². The lowest BCUT2D eigenvalue weighted by Gasteiger charge is -2.32. The van der Waals surface area contributed by atoms with Gasteiger partial charge in [0.2, 0.25) is 0 Å². The average molecular weight is 293 g/mol. The van der Waals surface area contributed by atoms with E-state index >= 15 is 0 Å². The van der Waals surface area contributed by atoms with Crippen LogP contribution in [-0.2, 0) is 6.54 Å². The number of para-hydroxylation sites is 1. The fourth-order valence-electron chi connectivity index (χ4n) is 2.88. The molecule has 0 aromatic heterocycles. The molecule has 0 saturated heterocycles. The second-order valence-corrected chi connectivity index (χ2v) is 5.78. The molecule has 1 aromatic rings. The molecule has 0 radical (unpaired) electrons. The first kappa shape index (κ1) is 16.1. The molecule has 4 nitrogen and oxygen atoms in total. The van der Waals surface area contributed by atoms with Crippen molar-refractivity contribution in [3.8, 4) is 11.5 Å². The maximum atomic E-state index is 10.6. The van der Waals surface area contributed by atoms with Gasteiger partial charge in [-0.05, 0) is 32.9 Å². The van der Waals surface area contributed by atoms with E-state index in [-0.39, 0.29) is 0 Å². The number of rotatable bonds is 7. The standard InChI is InChI=1S/C17H27NO3/c1-3-20-15-9-7-8-14(12-18-2)16(15)21-13-17(19)10-5-4-6-11-17/h7-9,18-19H,3-6,10-13H2,1-2H3. The molecule has 118 valence electrons. The van der Waals surface area contributed by atoms with E-state index in [9.17, 15) is 5.11 Å². The molecule has 0 atom stereocenters. The molecule has 1 aliphatic carbocycles. The molecule has 0 heterocycles. The Labute approximate surface area is 127 Å². The van der Waals surface area contributed by atoms with Gasteiger partial charge < -0.3 is 19.9 Å². The van der Waals surface area contributed by atoms with Crippen molar-refractivity contribution < 1.29 is 14.6 Å². The number of benzene rings is 1. The highest BCUT2D eigenvalue weighted by molar-refractivity contribution is 5.46. The molecule has 1 aromatic carbocycles. The second kappa shape index (κ2) is 7.66. The highest BCUT2D eigenvalue weighted by atomic mass is 16.5. The molecular weight excluding hydrogens is 266 g/mol. The maximum absolute atomic E-state index is 10.6. The fraction of sp³-hybridized carbons (Fsp3) is 0.647. The minimum absolute atomic E-state index is 0.341. The normalized spacial score (nSPS) is 17.5. The summed E-state index contributed by atoms with van der Waals surface area (Å²) in [6, 6.07) is 5.92. The van der Waals surface area contributed by atoms with Crippen molar-refractivity contribution in [2.24, 2.45) is 0 Å². The van der Waals surface area contributed by atoms with E-state index in [1.807, 2.05) is 32.2 Å². The molecule has 1 saturated carbocycles. The summed E-state index contributed by atoms with van der Waals surface area (Å²) in [4.78, 5) is 0. The Kier molecular flexibility index (Phi) is 5.88. The molecule has 2 rings (SSSR count). The van der Waals surface area contributed by atoms with Crippen LogP contribution in [0.5, 0.6) is 11.5 Å². The summed E-state index contributed by atoms with van der Waals surface area (Å²) < 4.78 is 11.7. The van der Waals surface area contributed by atoms with Gasteiger partial charge in [0.1, 0.15) is 6.61 Å². The van der Waals surface area contributed by atoms with Crippen molar-refractivity contribution in [3.63, 3.8) is 0 Å². The second-order valence-electron chi connectivity index (χ2n) is 5.78. The van der Waals surface area contributed by atoms with Crippen molar-refractivity contribution >= 4 is 0 Å². The van der Waals surface area contributed by atoms with Gasteiger partial charge in [-0.2, -0.15) is 0 Å². The van der Waals surface area contributed by atoms with Gasteiger partial charge in [0.25, 0.3) is 0 Å². The highest BCUT2D eigenvalue weighted by Gasteiger charge is 2.30. The number of hydrogen-bond acceptors (Lipinski definition) is 4. The molecule has 0 bridgehead atoms. The smallest absolute Gasteiger partial charge is 0.165 e. The molecule has 0 aliphatic heterocycles. The summed E-state index contributed by atoms with van der Waals surface area (Å²) in [7, 11) is 1.91. The monoisotopic (exact) mass is 293 g/mol. The predicted octanol–water partition coefficient (Wildman–Crippen LogP) is 2.88. The summed E-state index contributed by atoms with van der Waals surface area (Å²) in [5, 5.41) is 13.7. The van der Waals surface area contributed by atoms with E-state index in [2.05, 4.69) is 5.32 Å². The minimum atomic E-state index is -0.686. The third-order valence-corrected chi connectivity index (χ3v) is 4.00. The third-order valence-electron chi connectivity index (χ3n) is 4.00. The Morgan fingerprint density at radius 1 is 1.19 bits per heavy atom. The summed E-state index contributed by atoms with van der Waals surface area (Å²) in [6.07, 6.45) is 5.02. The van der Waals surface area contributed by atoms with Crippen LogP contribution in [0.1, 0.15) is 44.6 Å². The Balaban J connectivity index is 2.12. The third kappa shape index (κ3) is 4.35. The fourth-order valence-corrected chi connectivity index (χ4v) is 2.88. The molecule has 4 heteroatoms. The Bertz CT molecular complexity index is 417. The molecule has 0 amide bonds. The van der Waals surface area contributed by atoms with Crippen molar-refractivity contribution in [3.05, 3.63) is 23.8 Å². The van der Waals surface area contributed by atoms with Gasteiger partial charge in [-0.25, -0.2) is 0 Å². The Morgan fingerprint density at radius 2 is 1.95 bits per heavy atom. The van der Waals surface area contributed by atoms with Crippen molar-refractivity contribution in [1.29, 1.82) is 0 Å². The first-order valence-electron chi connectivity index (χ1n) is 7.93. The lowest BCUT2D eigenvalue weighted by Crippen LogP contribution is -2.38. The van der Waals surface area contributed by atoms with Crippen LogP contribution < -0.4 is 14.8 Å². The van der Waals surface area contributed by atoms with Gasteiger partial charge in [0.15, 0.2) is 11.5 Å². The maximum Gasteiger partial charge on any atom is 0.165 e. The minimum Gasteiger partial charge on any atom is -0.490 e. The largest absolute Gasteiger partial charge is 0.490 e. The zero-order chi connectivity index (χ0) is 15.1. The highest BCUT2D eigenvalue weighted by Crippen LogP contribution is 2.34. The van der Waals surface area contributed by atoms with Crippen molar-refractivity contribution in [1.82, 2.24) is 5.32 Å². The SMILES string of the molecule is CCOc1cccc(CNC)c1OCC1(O)CCCCC1. The van der Waals surface area contributed by atoms with Crippen LogP contribution in [0.4, 0.5) is 0 Å². The molecule has 0 spiro atoms. The molecule has 1 fully saturated rings. The van der Waals surface area contributed by atoms with Gasteiger partial charge in [0, 0.05) is 12.1 Å². The summed E-state index contributed by atoms with van der Waals surface area (Å²) in [6.45, 7) is 3.62. The molecule has 2 N–H and O–H groups in total.